The van der Waals surface area contributed by atoms with E-state index >= 15 is 0 Å². The molecule has 0 saturated heterocycles. The molecule has 318 valence electrons. The minimum Gasteiger partial charge on any atom is -0.184 e. The topological polar surface area (TPSA) is 0 Å². The fraction of sp³-hybridized carbons (Fsp3) is 0.276. The van der Waals surface area contributed by atoms with E-state index in [9.17, 15) is 0 Å². The van der Waals surface area contributed by atoms with Crippen LogP contribution in [0.3, 0.4) is 0 Å². The van der Waals surface area contributed by atoms with Gasteiger partial charge in [-0.3, -0.25) is 0 Å². The van der Waals surface area contributed by atoms with Gasteiger partial charge >= 0.3 is 37.9 Å². The maximum Gasteiger partial charge on any atom is 0.0920 e. The summed E-state index contributed by atoms with van der Waals surface area (Å²) in [6, 6.07) is 54.6. The zero-order valence-electron chi connectivity index (χ0n) is 38.4. The van der Waals surface area contributed by atoms with Crippen LogP contribution in [0.5, 0.6) is 0 Å². The summed E-state index contributed by atoms with van der Waals surface area (Å²) in [6.45, 7) is 22.7. The molecule has 62 heavy (non-hydrogen) atoms. The van der Waals surface area contributed by atoms with Crippen LogP contribution in [0.4, 0.5) is 0 Å². The zero-order valence-corrected chi connectivity index (χ0v) is 43.3. The van der Waals surface area contributed by atoms with Gasteiger partial charge in [-0.1, -0.05) is 174 Å². The summed E-state index contributed by atoms with van der Waals surface area (Å²) in [5.41, 5.74) is 17.3. The predicted octanol–water partition coefficient (Wildman–Crippen LogP) is 16.1. The average molecular weight is 948 g/mol. The molecule has 8 aromatic rings. The molecular formula is C58H61Cl2SiZr-3. The van der Waals surface area contributed by atoms with E-state index in [0.717, 1.165) is 22.4 Å². The van der Waals surface area contributed by atoms with Gasteiger partial charge in [0.1, 0.15) is 0 Å². The Kier molecular flexibility index (Phi) is 16.4. The van der Waals surface area contributed by atoms with Crippen molar-refractivity contribution in [2.24, 2.45) is 0 Å². The van der Waals surface area contributed by atoms with Crippen molar-refractivity contribution >= 4 is 58.5 Å². The number of halogens is 2. The van der Waals surface area contributed by atoms with Crippen molar-refractivity contribution in [1.29, 1.82) is 0 Å². The second-order valence-electron chi connectivity index (χ2n) is 18.5. The summed E-state index contributed by atoms with van der Waals surface area (Å²) in [6.07, 6.45) is 4.62. The Morgan fingerprint density at radius 2 is 0.968 bits per heavy atom. The number of fused-ring (bicyclic) bond motifs is 5. The Balaban J connectivity index is 0.000000155. The van der Waals surface area contributed by atoms with Crippen LogP contribution >= 0.6 is 17.0 Å². The van der Waals surface area contributed by atoms with E-state index in [1.807, 2.05) is 6.07 Å². The molecule has 0 saturated carbocycles. The van der Waals surface area contributed by atoms with Crippen LogP contribution in [-0.4, -0.2) is 9.52 Å². The van der Waals surface area contributed by atoms with E-state index in [4.69, 9.17) is 17.0 Å². The normalized spacial score (nSPS) is 11.7. The molecule has 1 heterocycles. The number of hydrogen-bond acceptors (Lipinski definition) is 0. The average Bonchev–Trinajstić information content (AvgIpc) is 3.99. The molecule has 1 aliphatic heterocycles. The van der Waals surface area contributed by atoms with Crippen LogP contribution in [-0.2, 0) is 44.5 Å². The van der Waals surface area contributed by atoms with Gasteiger partial charge in [0.25, 0.3) is 0 Å². The molecule has 0 fully saturated rings. The van der Waals surface area contributed by atoms with Gasteiger partial charge in [0.2, 0.25) is 0 Å². The van der Waals surface area contributed by atoms with E-state index in [2.05, 4.69) is 209 Å². The van der Waals surface area contributed by atoms with Gasteiger partial charge in [-0.15, -0.1) is 74.6 Å². The number of benzene rings is 6. The summed E-state index contributed by atoms with van der Waals surface area (Å²) >= 11 is -0.826. The molecule has 4 heteroatoms. The van der Waals surface area contributed by atoms with Crippen molar-refractivity contribution < 1.29 is 20.8 Å². The van der Waals surface area contributed by atoms with Gasteiger partial charge < -0.3 is 0 Å². The molecule has 0 amide bonds. The SMILES string of the molecule is CCCc1ccc2[cH-]c(C(C)(C)C)cc2c1-c1ccccc1C.CCCc1ccc2[cH-]c(C(C)(C)C)cc2c1-c1ccccc1C.[Cl][Zr][Cl].[c-]1cccc2c1[Si]c1ccccc1-2. The Morgan fingerprint density at radius 1 is 0.548 bits per heavy atom. The van der Waals surface area contributed by atoms with Crippen molar-refractivity contribution in [2.45, 2.75) is 106 Å². The van der Waals surface area contributed by atoms with Gasteiger partial charge in [0.15, 0.2) is 0 Å². The van der Waals surface area contributed by atoms with Crippen LogP contribution in [0.2, 0.25) is 0 Å². The monoisotopic (exact) mass is 945 g/mol. The second kappa shape index (κ2) is 21.3. The fourth-order valence-corrected chi connectivity index (χ4v) is 9.85. The molecule has 1 aliphatic rings. The molecule has 0 nitrogen and oxygen atoms in total. The van der Waals surface area contributed by atoms with Gasteiger partial charge in [-0.25, -0.2) is 0 Å². The smallest absolute Gasteiger partial charge is 0.0920 e. The van der Waals surface area contributed by atoms with Crippen molar-refractivity contribution in [3.05, 3.63) is 179 Å². The molecule has 0 unspecified atom stereocenters. The first-order valence-corrected chi connectivity index (χ1v) is 29.4. The van der Waals surface area contributed by atoms with Crippen molar-refractivity contribution in [3.63, 3.8) is 0 Å². The third-order valence-electron chi connectivity index (χ3n) is 11.9. The van der Waals surface area contributed by atoms with E-state index in [-0.39, 0.29) is 10.8 Å². The maximum absolute atomic E-state index is 4.93. The zero-order chi connectivity index (χ0) is 44.6. The summed E-state index contributed by atoms with van der Waals surface area (Å²) in [5, 5.41) is 8.38. The van der Waals surface area contributed by atoms with Gasteiger partial charge in [-0.2, -0.15) is 41.6 Å². The molecule has 2 radical (unpaired) electrons. The molecule has 0 N–H and O–H groups in total. The number of hydrogen-bond donors (Lipinski definition) is 0. The van der Waals surface area contributed by atoms with E-state index in [0.29, 0.717) is 0 Å². The molecule has 0 atom stereocenters. The van der Waals surface area contributed by atoms with Crippen LogP contribution in [0.15, 0.2) is 140 Å². The summed E-state index contributed by atoms with van der Waals surface area (Å²) < 4.78 is 0. The largest absolute Gasteiger partial charge is 0.184 e. The molecule has 9 rings (SSSR count). The summed E-state index contributed by atoms with van der Waals surface area (Å²) in [7, 11) is 10.7. The Bertz CT molecular complexity index is 2550. The van der Waals surface area contributed by atoms with E-state index in [1.54, 1.807) is 0 Å². The summed E-state index contributed by atoms with van der Waals surface area (Å²) in [5.74, 6) is 0. The van der Waals surface area contributed by atoms with Gasteiger partial charge in [0, 0.05) is 0 Å². The minimum absolute atomic E-state index is 0.187. The summed E-state index contributed by atoms with van der Waals surface area (Å²) in [4.78, 5) is 0. The second-order valence-corrected chi connectivity index (χ2v) is 23.5. The number of aryl methyl sites for hydroxylation is 4. The quantitative estimate of drug-likeness (QED) is 0.115. The molecule has 0 bridgehead atoms. The maximum atomic E-state index is 4.93. The Morgan fingerprint density at radius 3 is 1.40 bits per heavy atom. The first-order chi connectivity index (χ1) is 29.7. The standard InChI is InChI=1S/2C23H27.C12H7Si.2ClH.Zr/c2*1-6-9-17-12-13-18-14-19(23(3,4)5)15-21(18)22(17)20-11-8-7-10-16(20)2;1-3-7-11-9(5-1)10-6-2-4-8-12(10)13-11;;;/h2*7-8,10-15H,6,9H2,1-5H3;1-7H;2*1H;/q3*-1;;;+2/p-2. The third-order valence-corrected chi connectivity index (χ3v) is 13.3. The third kappa shape index (κ3) is 11.1. The number of rotatable bonds is 6. The van der Waals surface area contributed by atoms with E-state index in [1.165, 1.54) is 112 Å². The minimum atomic E-state index is -0.826. The predicted molar refractivity (Wildman–Crippen MR) is 272 cm³/mol. The van der Waals surface area contributed by atoms with Gasteiger partial charge in [-0.05, 0) is 59.8 Å². The first-order valence-electron chi connectivity index (χ1n) is 22.1. The molecular weight excluding hydrogens is 887 g/mol. The Hall–Kier alpha value is -3.78. The van der Waals surface area contributed by atoms with Crippen LogP contribution in [0.1, 0.15) is 102 Å². The molecule has 0 spiro atoms. The van der Waals surface area contributed by atoms with Crippen LogP contribution in [0, 0.1) is 19.9 Å². The van der Waals surface area contributed by atoms with Gasteiger partial charge in [0.05, 0.1) is 9.52 Å². The fourth-order valence-electron chi connectivity index (χ4n) is 8.54. The molecule has 8 aromatic carbocycles. The Labute approximate surface area is 394 Å². The first kappa shape index (κ1) is 47.7. The van der Waals surface area contributed by atoms with Crippen molar-refractivity contribution in [3.8, 4) is 33.4 Å². The van der Waals surface area contributed by atoms with Crippen molar-refractivity contribution in [1.82, 2.24) is 0 Å². The molecule has 0 aromatic heterocycles. The van der Waals surface area contributed by atoms with E-state index < -0.39 is 20.8 Å². The molecule has 0 aliphatic carbocycles. The van der Waals surface area contributed by atoms with Crippen LogP contribution < -0.4 is 10.4 Å². The van der Waals surface area contributed by atoms with Crippen molar-refractivity contribution in [2.75, 3.05) is 0 Å². The van der Waals surface area contributed by atoms with Crippen LogP contribution in [0.25, 0.3) is 54.9 Å².